The van der Waals surface area contributed by atoms with Gasteiger partial charge in [0.2, 0.25) is 0 Å². The minimum Gasteiger partial charge on any atom is -0.375 e. The summed E-state index contributed by atoms with van der Waals surface area (Å²) in [5.74, 6) is 0.840. The standard InChI is InChI=1S/C17H33NO/c1-5-10-18-14(2)12-16(3,4)15-7-11-19-17(13-15)8-6-9-17/h14-15,18H,5-13H2,1-4H3. The summed E-state index contributed by atoms with van der Waals surface area (Å²) >= 11 is 0. The first-order chi connectivity index (χ1) is 8.97. The Labute approximate surface area is 119 Å². The van der Waals surface area contributed by atoms with Gasteiger partial charge in [-0.25, -0.2) is 0 Å². The molecule has 1 N–H and O–H groups in total. The lowest BCUT2D eigenvalue weighted by molar-refractivity contribution is -0.158. The van der Waals surface area contributed by atoms with E-state index in [2.05, 4.69) is 33.0 Å². The number of hydrogen-bond acceptors (Lipinski definition) is 2. The fourth-order valence-electron chi connectivity index (χ4n) is 4.03. The molecule has 2 atom stereocenters. The van der Waals surface area contributed by atoms with Gasteiger partial charge in [0.1, 0.15) is 0 Å². The van der Waals surface area contributed by atoms with Crippen LogP contribution in [0.25, 0.3) is 0 Å². The highest BCUT2D eigenvalue weighted by Crippen LogP contribution is 2.49. The molecular formula is C17H33NO. The van der Waals surface area contributed by atoms with E-state index in [9.17, 15) is 0 Å². The molecule has 0 aromatic carbocycles. The van der Waals surface area contributed by atoms with Gasteiger partial charge in [-0.15, -0.1) is 0 Å². The van der Waals surface area contributed by atoms with Crippen molar-refractivity contribution in [2.75, 3.05) is 13.2 Å². The van der Waals surface area contributed by atoms with Crippen molar-refractivity contribution in [1.82, 2.24) is 5.32 Å². The van der Waals surface area contributed by atoms with Gasteiger partial charge in [0, 0.05) is 12.6 Å². The molecule has 2 rings (SSSR count). The van der Waals surface area contributed by atoms with Crippen molar-refractivity contribution in [1.29, 1.82) is 0 Å². The molecule has 1 spiro atoms. The van der Waals surface area contributed by atoms with Crippen LogP contribution in [0.1, 0.15) is 72.6 Å². The molecule has 0 bridgehead atoms. The Morgan fingerprint density at radius 3 is 2.68 bits per heavy atom. The third-order valence-corrected chi connectivity index (χ3v) is 5.44. The highest BCUT2D eigenvalue weighted by molar-refractivity contribution is 4.97. The van der Waals surface area contributed by atoms with Crippen molar-refractivity contribution in [2.45, 2.75) is 84.3 Å². The lowest BCUT2D eigenvalue weighted by Crippen LogP contribution is -2.49. The average molecular weight is 267 g/mol. The van der Waals surface area contributed by atoms with Crippen LogP contribution in [0, 0.1) is 11.3 Å². The van der Waals surface area contributed by atoms with Crippen LogP contribution in [-0.2, 0) is 4.74 Å². The minimum atomic E-state index is 0.292. The topological polar surface area (TPSA) is 21.3 Å². The van der Waals surface area contributed by atoms with Crippen LogP contribution in [0.4, 0.5) is 0 Å². The second-order valence-electron chi connectivity index (χ2n) is 7.62. The third kappa shape index (κ3) is 3.72. The molecule has 2 unspecified atom stereocenters. The molecule has 1 aliphatic heterocycles. The van der Waals surface area contributed by atoms with Gasteiger partial charge in [-0.3, -0.25) is 0 Å². The summed E-state index contributed by atoms with van der Waals surface area (Å²) in [6.07, 6.45) is 9.07. The summed E-state index contributed by atoms with van der Waals surface area (Å²) in [5, 5.41) is 3.64. The number of ether oxygens (including phenoxy) is 1. The van der Waals surface area contributed by atoms with Crippen molar-refractivity contribution < 1.29 is 4.74 Å². The number of rotatable bonds is 6. The maximum absolute atomic E-state index is 6.08. The minimum absolute atomic E-state index is 0.292. The molecule has 2 nitrogen and oxygen atoms in total. The molecule has 2 heteroatoms. The van der Waals surface area contributed by atoms with Crippen LogP contribution in [0.2, 0.25) is 0 Å². The highest BCUT2D eigenvalue weighted by atomic mass is 16.5. The summed E-state index contributed by atoms with van der Waals surface area (Å²) in [6, 6.07) is 0.634. The van der Waals surface area contributed by atoms with Gasteiger partial charge in [-0.05, 0) is 69.7 Å². The van der Waals surface area contributed by atoms with Crippen LogP contribution in [0.5, 0.6) is 0 Å². The lowest BCUT2D eigenvalue weighted by Gasteiger charge is -2.51. The molecule has 19 heavy (non-hydrogen) atoms. The zero-order chi connectivity index (χ0) is 13.9. The predicted octanol–water partition coefficient (Wildman–Crippen LogP) is 4.14. The van der Waals surface area contributed by atoms with Gasteiger partial charge in [-0.1, -0.05) is 20.8 Å². The van der Waals surface area contributed by atoms with E-state index in [1.54, 1.807) is 0 Å². The number of hydrogen-bond donors (Lipinski definition) is 1. The normalized spacial score (nSPS) is 28.1. The van der Waals surface area contributed by atoms with Crippen molar-refractivity contribution in [3.63, 3.8) is 0 Å². The molecule has 1 saturated heterocycles. The Kier molecular flexibility index (Phi) is 4.94. The molecule has 1 aliphatic carbocycles. The van der Waals surface area contributed by atoms with E-state index < -0.39 is 0 Å². The molecular weight excluding hydrogens is 234 g/mol. The Bertz CT molecular complexity index is 283. The zero-order valence-corrected chi connectivity index (χ0v) is 13.4. The fraction of sp³-hybridized carbons (Fsp3) is 1.00. The predicted molar refractivity (Wildman–Crippen MR) is 81.4 cm³/mol. The Balaban J connectivity index is 1.87. The largest absolute Gasteiger partial charge is 0.375 e. The summed E-state index contributed by atoms with van der Waals surface area (Å²) in [5.41, 5.74) is 0.729. The van der Waals surface area contributed by atoms with Gasteiger partial charge in [0.05, 0.1) is 5.60 Å². The second-order valence-corrected chi connectivity index (χ2v) is 7.62. The maximum Gasteiger partial charge on any atom is 0.0685 e. The van der Waals surface area contributed by atoms with Crippen LogP contribution >= 0.6 is 0 Å². The van der Waals surface area contributed by atoms with E-state index in [0.29, 0.717) is 17.1 Å². The van der Waals surface area contributed by atoms with Gasteiger partial charge in [0.15, 0.2) is 0 Å². The van der Waals surface area contributed by atoms with Crippen LogP contribution in [0.3, 0.4) is 0 Å². The SMILES string of the molecule is CCCNC(C)CC(C)(C)C1CCOC2(CCC2)C1. The molecule has 0 aromatic heterocycles. The average Bonchev–Trinajstić information content (AvgIpc) is 2.34. The first-order valence-corrected chi connectivity index (χ1v) is 8.35. The molecule has 1 heterocycles. The van der Waals surface area contributed by atoms with Gasteiger partial charge < -0.3 is 10.1 Å². The smallest absolute Gasteiger partial charge is 0.0685 e. The van der Waals surface area contributed by atoms with Crippen molar-refractivity contribution >= 4 is 0 Å². The highest BCUT2D eigenvalue weighted by Gasteiger charge is 2.46. The van der Waals surface area contributed by atoms with E-state index in [1.165, 1.54) is 44.9 Å². The van der Waals surface area contributed by atoms with Crippen molar-refractivity contribution in [2.24, 2.45) is 11.3 Å². The van der Waals surface area contributed by atoms with E-state index in [0.717, 1.165) is 19.1 Å². The maximum atomic E-state index is 6.08. The summed E-state index contributed by atoms with van der Waals surface area (Å²) in [4.78, 5) is 0. The lowest BCUT2D eigenvalue weighted by atomic mass is 9.63. The van der Waals surface area contributed by atoms with Crippen LogP contribution in [0.15, 0.2) is 0 Å². The molecule has 112 valence electrons. The summed E-state index contributed by atoms with van der Waals surface area (Å²) < 4.78 is 6.08. The second kappa shape index (κ2) is 6.13. The zero-order valence-electron chi connectivity index (χ0n) is 13.4. The van der Waals surface area contributed by atoms with Crippen molar-refractivity contribution in [3.05, 3.63) is 0 Å². The molecule has 1 saturated carbocycles. The first-order valence-electron chi connectivity index (χ1n) is 8.35. The Morgan fingerprint density at radius 2 is 2.11 bits per heavy atom. The van der Waals surface area contributed by atoms with Gasteiger partial charge in [-0.2, -0.15) is 0 Å². The molecule has 2 aliphatic rings. The molecule has 2 fully saturated rings. The quantitative estimate of drug-likeness (QED) is 0.781. The van der Waals surface area contributed by atoms with Gasteiger partial charge in [0.25, 0.3) is 0 Å². The molecule has 0 amide bonds. The van der Waals surface area contributed by atoms with Gasteiger partial charge >= 0.3 is 0 Å². The van der Waals surface area contributed by atoms with Crippen LogP contribution in [-0.4, -0.2) is 24.8 Å². The molecule has 0 aromatic rings. The van der Waals surface area contributed by atoms with Crippen molar-refractivity contribution in [3.8, 4) is 0 Å². The van der Waals surface area contributed by atoms with E-state index in [-0.39, 0.29) is 0 Å². The number of nitrogens with one attached hydrogen (secondary N) is 1. The van der Waals surface area contributed by atoms with E-state index >= 15 is 0 Å². The Morgan fingerprint density at radius 1 is 1.37 bits per heavy atom. The third-order valence-electron chi connectivity index (χ3n) is 5.44. The van der Waals surface area contributed by atoms with E-state index in [4.69, 9.17) is 4.74 Å². The monoisotopic (exact) mass is 267 g/mol. The van der Waals surface area contributed by atoms with E-state index in [1.807, 2.05) is 0 Å². The molecule has 0 radical (unpaired) electrons. The first kappa shape index (κ1) is 15.3. The fourth-order valence-corrected chi connectivity index (χ4v) is 4.03. The summed E-state index contributed by atoms with van der Waals surface area (Å²) in [6.45, 7) is 11.7. The Hall–Kier alpha value is -0.0800. The van der Waals surface area contributed by atoms with Crippen LogP contribution < -0.4 is 5.32 Å². The summed E-state index contributed by atoms with van der Waals surface area (Å²) in [7, 11) is 0.